The summed E-state index contributed by atoms with van der Waals surface area (Å²) in [5.41, 5.74) is 1.58. The summed E-state index contributed by atoms with van der Waals surface area (Å²) in [5, 5.41) is 5.53. The zero-order chi connectivity index (χ0) is 18.9. The van der Waals surface area contributed by atoms with Gasteiger partial charge in [0, 0.05) is 37.7 Å². The number of piperidine rings is 1. The van der Waals surface area contributed by atoms with Crippen molar-refractivity contribution in [1.29, 1.82) is 0 Å². The molecule has 3 amide bonds. The summed E-state index contributed by atoms with van der Waals surface area (Å²) in [6.07, 6.45) is 2.34. The van der Waals surface area contributed by atoms with Crippen LogP contribution < -0.4 is 10.6 Å². The zero-order valence-electron chi connectivity index (χ0n) is 15.4. The third-order valence-corrected chi connectivity index (χ3v) is 4.53. The van der Waals surface area contributed by atoms with Crippen LogP contribution in [0.5, 0.6) is 0 Å². The molecule has 1 aromatic rings. The van der Waals surface area contributed by atoms with E-state index in [1.807, 2.05) is 24.0 Å². The number of benzene rings is 1. The number of anilines is 1. The number of hydrogen-bond acceptors (Lipinski definition) is 4. The Morgan fingerprint density at radius 2 is 1.81 bits per heavy atom. The van der Waals surface area contributed by atoms with E-state index in [4.69, 9.17) is 0 Å². The van der Waals surface area contributed by atoms with Crippen LogP contribution >= 0.6 is 0 Å². The smallest absolute Gasteiger partial charge is 0.411 e. The van der Waals surface area contributed by atoms with Crippen LogP contribution in [-0.2, 0) is 20.9 Å². The van der Waals surface area contributed by atoms with E-state index >= 15 is 0 Å². The van der Waals surface area contributed by atoms with Crippen molar-refractivity contribution in [3.05, 3.63) is 29.8 Å². The number of likely N-dealkylation sites (tertiary alicyclic amines) is 1. The second-order valence-corrected chi connectivity index (χ2v) is 6.44. The summed E-state index contributed by atoms with van der Waals surface area (Å²) in [5.74, 6) is 0.178. The lowest BCUT2D eigenvalue weighted by atomic mass is 9.95. The second kappa shape index (κ2) is 9.79. The lowest BCUT2D eigenvalue weighted by Gasteiger charge is -2.31. The molecule has 0 aliphatic carbocycles. The van der Waals surface area contributed by atoms with Crippen LogP contribution in [0.3, 0.4) is 0 Å². The number of carbonyl (C=O) groups excluding carboxylic acids is 3. The summed E-state index contributed by atoms with van der Waals surface area (Å²) in [4.78, 5) is 37.2. The van der Waals surface area contributed by atoms with Crippen molar-refractivity contribution in [1.82, 2.24) is 10.2 Å². The number of hydrogen-bond donors (Lipinski definition) is 2. The van der Waals surface area contributed by atoms with Gasteiger partial charge in [-0.15, -0.1) is 0 Å². The molecule has 0 radical (unpaired) electrons. The highest BCUT2D eigenvalue weighted by Crippen LogP contribution is 2.18. The first-order chi connectivity index (χ1) is 12.5. The fourth-order valence-corrected chi connectivity index (χ4v) is 2.97. The average Bonchev–Trinajstić information content (AvgIpc) is 2.67. The van der Waals surface area contributed by atoms with Crippen LogP contribution in [0.15, 0.2) is 24.3 Å². The highest BCUT2D eigenvalue weighted by atomic mass is 16.5. The molecule has 1 aliphatic heterocycles. The molecule has 1 aliphatic rings. The third kappa shape index (κ3) is 5.75. The Bertz CT molecular complexity index is 622. The molecule has 1 saturated heterocycles. The van der Waals surface area contributed by atoms with Gasteiger partial charge in [0.15, 0.2) is 0 Å². The SMILES string of the molecule is CCCC(=O)N1CCC(C(=O)NCc2ccc(NC(=O)OC)cc2)CC1. The van der Waals surface area contributed by atoms with Crippen molar-refractivity contribution in [2.45, 2.75) is 39.2 Å². The third-order valence-electron chi connectivity index (χ3n) is 4.53. The highest BCUT2D eigenvalue weighted by Gasteiger charge is 2.26. The molecule has 7 nitrogen and oxygen atoms in total. The van der Waals surface area contributed by atoms with E-state index < -0.39 is 6.09 Å². The number of methoxy groups -OCH3 is 1. The van der Waals surface area contributed by atoms with Gasteiger partial charge in [0.1, 0.15) is 0 Å². The van der Waals surface area contributed by atoms with Crippen molar-refractivity contribution >= 4 is 23.6 Å². The van der Waals surface area contributed by atoms with Crippen LogP contribution in [0, 0.1) is 5.92 Å². The fraction of sp³-hybridized carbons (Fsp3) is 0.526. The maximum absolute atomic E-state index is 12.3. The van der Waals surface area contributed by atoms with Gasteiger partial charge in [-0.25, -0.2) is 4.79 Å². The van der Waals surface area contributed by atoms with E-state index in [9.17, 15) is 14.4 Å². The summed E-state index contributed by atoms with van der Waals surface area (Å²) in [6.45, 7) is 3.75. The maximum Gasteiger partial charge on any atom is 0.411 e. The van der Waals surface area contributed by atoms with Crippen LogP contribution in [0.4, 0.5) is 10.5 Å². The van der Waals surface area contributed by atoms with Gasteiger partial charge in [-0.05, 0) is 37.0 Å². The van der Waals surface area contributed by atoms with Crippen molar-refractivity contribution in [3.8, 4) is 0 Å². The molecule has 1 fully saturated rings. The average molecular weight is 361 g/mol. The van der Waals surface area contributed by atoms with Gasteiger partial charge in [0.2, 0.25) is 11.8 Å². The van der Waals surface area contributed by atoms with E-state index in [1.165, 1.54) is 7.11 Å². The Balaban J connectivity index is 1.75. The van der Waals surface area contributed by atoms with Crippen molar-refractivity contribution < 1.29 is 19.1 Å². The molecule has 1 heterocycles. The fourth-order valence-electron chi connectivity index (χ4n) is 2.97. The Morgan fingerprint density at radius 3 is 2.38 bits per heavy atom. The van der Waals surface area contributed by atoms with Gasteiger partial charge in [-0.2, -0.15) is 0 Å². The highest BCUT2D eigenvalue weighted by molar-refractivity contribution is 5.84. The minimum atomic E-state index is -0.519. The van der Waals surface area contributed by atoms with Crippen LogP contribution in [-0.4, -0.2) is 43.0 Å². The van der Waals surface area contributed by atoms with Crippen LogP contribution in [0.1, 0.15) is 38.2 Å². The van der Waals surface area contributed by atoms with Gasteiger partial charge in [-0.1, -0.05) is 19.1 Å². The molecule has 0 spiro atoms. The quantitative estimate of drug-likeness (QED) is 0.815. The molecule has 142 valence electrons. The number of nitrogens with zero attached hydrogens (tertiary/aromatic N) is 1. The molecule has 2 rings (SSSR count). The van der Waals surface area contributed by atoms with E-state index in [0.29, 0.717) is 44.6 Å². The Hall–Kier alpha value is -2.57. The number of amides is 3. The molecule has 7 heteroatoms. The molecular formula is C19H27N3O4. The summed E-state index contributed by atoms with van der Waals surface area (Å²) >= 11 is 0. The minimum Gasteiger partial charge on any atom is -0.453 e. The molecular weight excluding hydrogens is 334 g/mol. The molecule has 1 aromatic carbocycles. The van der Waals surface area contributed by atoms with Crippen molar-refractivity contribution in [2.75, 3.05) is 25.5 Å². The predicted octanol–water partition coefficient (Wildman–Crippen LogP) is 2.52. The van der Waals surface area contributed by atoms with Gasteiger partial charge in [-0.3, -0.25) is 14.9 Å². The molecule has 2 N–H and O–H groups in total. The number of carbonyl (C=O) groups is 3. The molecule has 0 bridgehead atoms. The van der Waals surface area contributed by atoms with Gasteiger partial charge in [0.05, 0.1) is 7.11 Å². The first-order valence-electron chi connectivity index (χ1n) is 9.03. The molecule has 0 unspecified atom stereocenters. The van der Waals surface area contributed by atoms with E-state index in [1.54, 1.807) is 12.1 Å². The summed E-state index contributed by atoms with van der Waals surface area (Å²) in [7, 11) is 1.31. The number of ether oxygens (including phenoxy) is 1. The summed E-state index contributed by atoms with van der Waals surface area (Å²) in [6, 6.07) is 7.21. The second-order valence-electron chi connectivity index (χ2n) is 6.44. The van der Waals surface area contributed by atoms with Gasteiger partial charge in [0.25, 0.3) is 0 Å². The normalized spacial score (nSPS) is 14.6. The summed E-state index contributed by atoms with van der Waals surface area (Å²) < 4.78 is 4.53. The molecule has 0 saturated carbocycles. The molecule has 0 aromatic heterocycles. The largest absolute Gasteiger partial charge is 0.453 e. The lowest BCUT2D eigenvalue weighted by molar-refractivity contribution is -0.135. The molecule has 26 heavy (non-hydrogen) atoms. The zero-order valence-corrected chi connectivity index (χ0v) is 15.4. The van der Waals surface area contributed by atoms with Gasteiger partial charge < -0.3 is 15.0 Å². The van der Waals surface area contributed by atoms with E-state index in [2.05, 4.69) is 15.4 Å². The van der Waals surface area contributed by atoms with Gasteiger partial charge >= 0.3 is 6.09 Å². The van der Waals surface area contributed by atoms with Crippen LogP contribution in [0.2, 0.25) is 0 Å². The lowest BCUT2D eigenvalue weighted by Crippen LogP contribution is -2.42. The van der Waals surface area contributed by atoms with Crippen LogP contribution in [0.25, 0.3) is 0 Å². The minimum absolute atomic E-state index is 0.0318. The Kier molecular flexibility index (Phi) is 7.44. The first-order valence-corrected chi connectivity index (χ1v) is 9.03. The topological polar surface area (TPSA) is 87.7 Å². The standard InChI is InChI=1S/C19H27N3O4/c1-3-4-17(23)22-11-9-15(10-12-22)18(24)20-13-14-5-7-16(8-6-14)21-19(25)26-2/h5-8,15H,3-4,9-13H2,1-2H3,(H,20,24)(H,21,25). The van der Waals surface area contributed by atoms with E-state index in [-0.39, 0.29) is 17.7 Å². The Morgan fingerprint density at radius 1 is 1.15 bits per heavy atom. The number of nitrogens with one attached hydrogen (secondary N) is 2. The first kappa shape index (κ1) is 19.8. The van der Waals surface area contributed by atoms with E-state index in [0.717, 1.165) is 12.0 Å². The molecule has 0 atom stereocenters. The maximum atomic E-state index is 12.3. The number of rotatable bonds is 6. The van der Waals surface area contributed by atoms with Crippen molar-refractivity contribution in [3.63, 3.8) is 0 Å². The van der Waals surface area contributed by atoms with Crippen molar-refractivity contribution in [2.24, 2.45) is 5.92 Å². The predicted molar refractivity (Wildman–Crippen MR) is 98.5 cm³/mol. The monoisotopic (exact) mass is 361 g/mol. The Labute approximate surface area is 154 Å².